The molecule has 0 radical (unpaired) electrons. The second-order valence-corrected chi connectivity index (χ2v) is 5.85. The van der Waals surface area contributed by atoms with Crippen molar-refractivity contribution in [3.05, 3.63) is 35.4 Å². The summed E-state index contributed by atoms with van der Waals surface area (Å²) in [5.74, 6) is 2.22. The molecule has 0 aliphatic carbocycles. The molecule has 2 heterocycles. The van der Waals surface area contributed by atoms with Gasteiger partial charge in [0.05, 0.1) is 11.8 Å². The summed E-state index contributed by atoms with van der Waals surface area (Å²) >= 11 is 0. The number of rotatable bonds is 2. The van der Waals surface area contributed by atoms with Crippen molar-refractivity contribution in [1.29, 1.82) is 0 Å². The number of ether oxygens (including phenoxy) is 1. The standard InChI is InChI=1S/C15H20N4O/c1-9-6-7-11(8-17-9)20-13-10(2)12(16)18-14(19-13)15(3,4)5/h6-8H,1-5H3,(H2,16,18,19). The molecule has 0 spiro atoms. The molecule has 0 saturated heterocycles. The highest BCUT2D eigenvalue weighted by Gasteiger charge is 2.21. The van der Waals surface area contributed by atoms with Crippen LogP contribution >= 0.6 is 0 Å². The summed E-state index contributed by atoms with van der Waals surface area (Å²) in [7, 11) is 0. The molecule has 20 heavy (non-hydrogen) atoms. The van der Waals surface area contributed by atoms with E-state index in [1.165, 1.54) is 0 Å². The molecule has 0 fully saturated rings. The number of hydrogen-bond donors (Lipinski definition) is 1. The lowest BCUT2D eigenvalue weighted by atomic mass is 9.95. The van der Waals surface area contributed by atoms with Gasteiger partial charge in [0.15, 0.2) is 0 Å². The van der Waals surface area contributed by atoms with E-state index in [9.17, 15) is 0 Å². The first kappa shape index (κ1) is 14.2. The highest BCUT2D eigenvalue weighted by molar-refractivity contribution is 5.46. The number of anilines is 1. The lowest BCUT2D eigenvalue weighted by Gasteiger charge is -2.19. The lowest BCUT2D eigenvalue weighted by Crippen LogP contribution is -2.18. The zero-order valence-electron chi connectivity index (χ0n) is 12.6. The van der Waals surface area contributed by atoms with Crippen molar-refractivity contribution in [3.8, 4) is 11.6 Å². The van der Waals surface area contributed by atoms with Crippen molar-refractivity contribution in [2.75, 3.05) is 5.73 Å². The summed E-state index contributed by atoms with van der Waals surface area (Å²) in [5, 5.41) is 0. The highest BCUT2D eigenvalue weighted by atomic mass is 16.5. The van der Waals surface area contributed by atoms with Crippen LogP contribution in [0.25, 0.3) is 0 Å². The van der Waals surface area contributed by atoms with Crippen LogP contribution in [0, 0.1) is 13.8 Å². The van der Waals surface area contributed by atoms with Gasteiger partial charge in [-0.1, -0.05) is 20.8 Å². The van der Waals surface area contributed by atoms with Gasteiger partial charge in [-0.15, -0.1) is 0 Å². The Morgan fingerprint density at radius 3 is 2.35 bits per heavy atom. The fourth-order valence-electron chi connectivity index (χ4n) is 1.57. The van der Waals surface area contributed by atoms with Crippen LogP contribution in [-0.2, 0) is 5.41 Å². The Bertz CT molecular complexity index is 615. The number of hydrogen-bond acceptors (Lipinski definition) is 5. The minimum atomic E-state index is -0.189. The maximum absolute atomic E-state index is 5.95. The molecule has 2 aromatic rings. The molecule has 0 unspecified atom stereocenters. The Labute approximate surface area is 119 Å². The Morgan fingerprint density at radius 1 is 1.10 bits per heavy atom. The maximum atomic E-state index is 5.95. The fourth-order valence-corrected chi connectivity index (χ4v) is 1.57. The van der Waals surface area contributed by atoms with Gasteiger partial charge >= 0.3 is 0 Å². The monoisotopic (exact) mass is 272 g/mol. The van der Waals surface area contributed by atoms with Gasteiger partial charge in [0, 0.05) is 11.1 Å². The van der Waals surface area contributed by atoms with Crippen LogP contribution in [-0.4, -0.2) is 15.0 Å². The van der Waals surface area contributed by atoms with Gasteiger partial charge < -0.3 is 10.5 Å². The first-order chi connectivity index (χ1) is 9.27. The van der Waals surface area contributed by atoms with Crippen LogP contribution in [0.3, 0.4) is 0 Å². The molecular formula is C15H20N4O. The molecule has 5 heteroatoms. The molecule has 5 nitrogen and oxygen atoms in total. The molecule has 0 aromatic carbocycles. The minimum Gasteiger partial charge on any atom is -0.437 e. The molecule has 0 aliphatic heterocycles. The van der Waals surface area contributed by atoms with E-state index in [2.05, 4.69) is 15.0 Å². The molecule has 0 amide bonds. The predicted octanol–water partition coefficient (Wildman–Crippen LogP) is 3.16. The van der Waals surface area contributed by atoms with Crippen molar-refractivity contribution in [3.63, 3.8) is 0 Å². The average Bonchev–Trinajstić information content (AvgIpc) is 2.36. The number of nitrogens with zero attached hydrogens (tertiary/aromatic N) is 3. The Kier molecular flexibility index (Phi) is 3.61. The van der Waals surface area contributed by atoms with E-state index in [-0.39, 0.29) is 5.41 Å². The van der Waals surface area contributed by atoms with Gasteiger partial charge in [-0.05, 0) is 26.0 Å². The van der Waals surface area contributed by atoms with Crippen molar-refractivity contribution in [2.24, 2.45) is 0 Å². The van der Waals surface area contributed by atoms with E-state index in [4.69, 9.17) is 10.5 Å². The Balaban J connectivity index is 2.40. The van der Waals surface area contributed by atoms with E-state index >= 15 is 0 Å². The van der Waals surface area contributed by atoms with Gasteiger partial charge in [-0.3, -0.25) is 4.98 Å². The van der Waals surface area contributed by atoms with Crippen LogP contribution in [0.5, 0.6) is 11.6 Å². The molecule has 0 atom stereocenters. The van der Waals surface area contributed by atoms with Gasteiger partial charge in [0.2, 0.25) is 5.88 Å². The third-order valence-corrected chi connectivity index (χ3v) is 2.91. The number of nitrogens with two attached hydrogens (primary N) is 1. The Hall–Kier alpha value is -2.17. The van der Waals surface area contributed by atoms with Gasteiger partial charge in [0.1, 0.15) is 17.4 Å². The van der Waals surface area contributed by atoms with E-state index in [0.717, 1.165) is 11.3 Å². The molecule has 2 rings (SSSR count). The number of nitrogen functional groups attached to an aromatic ring is 1. The molecule has 2 aromatic heterocycles. The van der Waals surface area contributed by atoms with Crippen LogP contribution < -0.4 is 10.5 Å². The minimum absolute atomic E-state index is 0.189. The molecule has 0 saturated carbocycles. The van der Waals surface area contributed by atoms with E-state index in [1.807, 2.05) is 46.8 Å². The fraction of sp³-hybridized carbons (Fsp3) is 0.400. The van der Waals surface area contributed by atoms with Crippen LogP contribution in [0.15, 0.2) is 18.3 Å². The van der Waals surface area contributed by atoms with Crippen LogP contribution in [0.4, 0.5) is 5.82 Å². The third kappa shape index (κ3) is 3.04. The first-order valence-corrected chi connectivity index (χ1v) is 6.52. The third-order valence-electron chi connectivity index (χ3n) is 2.91. The molecule has 2 N–H and O–H groups in total. The largest absolute Gasteiger partial charge is 0.437 e. The van der Waals surface area contributed by atoms with Gasteiger partial charge in [-0.2, -0.15) is 4.98 Å². The average molecular weight is 272 g/mol. The Morgan fingerprint density at radius 2 is 1.80 bits per heavy atom. The number of aryl methyl sites for hydroxylation is 1. The molecule has 0 bridgehead atoms. The predicted molar refractivity (Wildman–Crippen MR) is 78.9 cm³/mol. The van der Waals surface area contributed by atoms with Crippen LogP contribution in [0.1, 0.15) is 37.9 Å². The van der Waals surface area contributed by atoms with Crippen molar-refractivity contribution in [1.82, 2.24) is 15.0 Å². The topological polar surface area (TPSA) is 73.9 Å². The number of aromatic nitrogens is 3. The summed E-state index contributed by atoms with van der Waals surface area (Å²) in [6.07, 6.45) is 1.67. The van der Waals surface area contributed by atoms with E-state index in [1.54, 1.807) is 6.20 Å². The van der Waals surface area contributed by atoms with Crippen molar-refractivity contribution < 1.29 is 4.74 Å². The second-order valence-electron chi connectivity index (χ2n) is 5.85. The highest BCUT2D eigenvalue weighted by Crippen LogP contribution is 2.29. The second kappa shape index (κ2) is 5.07. The summed E-state index contributed by atoms with van der Waals surface area (Å²) < 4.78 is 5.79. The SMILES string of the molecule is Cc1ccc(Oc2nc(C(C)(C)C)nc(N)c2C)cn1. The van der Waals surface area contributed by atoms with E-state index < -0.39 is 0 Å². The van der Waals surface area contributed by atoms with Gasteiger partial charge in [-0.25, -0.2) is 4.98 Å². The molecular weight excluding hydrogens is 252 g/mol. The molecule has 0 aliphatic rings. The summed E-state index contributed by atoms with van der Waals surface area (Å²) in [5.41, 5.74) is 7.43. The molecule has 106 valence electrons. The zero-order valence-corrected chi connectivity index (χ0v) is 12.6. The smallest absolute Gasteiger partial charge is 0.227 e. The maximum Gasteiger partial charge on any atom is 0.227 e. The normalized spacial score (nSPS) is 11.4. The quantitative estimate of drug-likeness (QED) is 0.909. The summed E-state index contributed by atoms with van der Waals surface area (Å²) in [6.45, 7) is 9.88. The van der Waals surface area contributed by atoms with Crippen molar-refractivity contribution >= 4 is 5.82 Å². The first-order valence-electron chi connectivity index (χ1n) is 6.52. The summed E-state index contributed by atoms with van der Waals surface area (Å²) in [4.78, 5) is 13.0. The van der Waals surface area contributed by atoms with Crippen LogP contribution in [0.2, 0.25) is 0 Å². The zero-order chi connectivity index (χ0) is 14.9. The summed E-state index contributed by atoms with van der Waals surface area (Å²) in [6, 6.07) is 3.75. The number of pyridine rings is 1. The van der Waals surface area contributed by atoms with E-state index in [0.29, 0.717) is 23.3 Å². The lowest BCUT2D eigenvalue weighted by molar-refractivity contribution is 0.441. The van der Waals surface area contributed by atoms with Gasteiger partial charge in [0.25, 0.3) is 0 Å². The van der Waals surface area contributed by atoms with Crippen molar-refractivity contribution in [2.45, 2.75) is 40.0 Å².